The maximum atomic E-state index is 12.9. The van der Waals surface area contributed by atoms with Crippen molar-refractivity contribution >= 4 is 11.8 Å². The largest absolute Gasteiger partial charge is 0.497 e. The van der Waals surface area contributed by atoms with Gasteiger partial charge in [-0.25, -0.2) is 5.48 Å². The number of nitrogens with zero attached hydrogens (tertiary/aromatic N) is 1. The second kappa shape index (κ2) is 9.30. The maximum absolute atomic E-state index is 12.9. The number of likely N-dealkylation sites (tertiary alicyclic amines) is 1. The van der Waals surface area contributed by atoms with Gasteiger partial charge >= 0.3 is 0 Å². The number of carbonyl (C=O) groups is 2. The maximum Gasteiger partial charge on any atom is 0.274 e. The molecule has 1 saturated heterocycles. The van der Waals surface area contributed by atoms with Crippen LogP contribution in [0.4, 0.5) is 0 Å². The van der Waals surface area contributed by atoms with Gasteiger partial charge in [-0.2, -0.15) is 0 Å². The number of nitrogens with one attached hydrogen (secondary N) is 1. The van der Waals surface area contributed by atoms with Gasteiger partial charge in [-0.1, -0.05) is 19.9 Å². The predicted octanol–water partition coefficient (Wildman–Crippen LogP) is 3.86. The summed E-state index contributed by atoms with van der Waals surface area (Å²) in [5.74, 6) is 0.296. The summed E-state index contributed by atoms with van der Waals surface area (Å²) in [5.41, 5.74) is 5.29. The molecule has 2 N–H and O–H groups in total. The van der Waals surface area contributed by atoms with Crippen molar-refractivity contribution in [2.24, 2.45) is 5.41 Å². The first-order chi connectivity index (χ1) is 14.5. The first kappa shape index (κ1) is 21.8. The lowest BCUT2D eigenvalue weighted by atomic mass is 9.71. The molecule has 1 aliphatic heterocycles. The Hall–Kier alpha value is -2.86. The van der Waals surface area contributed by atoms with Gasteiger partial charge in [-0.3, -0.25) is 14.8 Å². The van der Waals surface area contributed by atoms with E-state index in [1.54, 1.807) is 18.7 Å². The minimum atomic E-state index is -0.495. The number of amides is 2. The van der Waals surface area contributed by atoms with Crippen LogP contribution in [0.3, 0.4) is 0 Å². The number of rotatable bonds is 3. The van der Waals surface area contributed by atoms with Crippen molar-refractivity contribution in [3.63, 3.8) is 0 Å². The number of ether oxygens (including phenoxy) is 1. The van der Waals surface area contributed by atoms with Crippen LogP contribution in [0.2, 0.25) is 0 Å². The molecule has 2 aromatic rings. The highest BCUT2D eigenvalue weighted by atomic mass is 16.5. The van der Waals surface area contributed by atoms with Crippen LogP contribution in [-0.2, 0) is 12.8 Å². The number of carbonyl (C=O) groups excluding carboxylic acids is 2. The number of benzene rings is 2. The van der Waals surface area contributed by atoms with Gasteiger partial charge in [-0.05, 0) is 78.6 Å². The Balaban J connectivity index is 0.00000124. The predicted molar refractivity (Wildman–Crippen MR) is 115 cm³/mol. The zero-order valence-corrected chi connectivity index (χ0v) is 17.9. The Morgan fingerprint density at radius 3 is 2.40 bits per heavy atom. The summed E-state index contributed by atoms with van der Waals surface area (Å²) in [6, 6.07) is 12.8. The first-order valence-corrected chi connectivity index (χ1v) is 10.5. The minimum Gasteiger partial charge on any atom is -0.497 e. The van der Waals surface area contributed by atoms with E-state index in [1.165, 1.54) is 5.56 Å². The molecule has 2 amide bonds. The fourth-order valence-electron chi connectivity index (χ4n) is 4.51. The first-order valence-electron chi connectivity index (χ1n) is 10.5. The smallest absolute Gasteiger partial charge is 0.274 e. The van der Waals surface area contributed by atoms with Crippen LogP contribution in [0.15, 0.2) is 42.5 Å². The van der Waals surface area contributed by atoms with Crippen LogP contribution in [-0.4, -0.2) is 42.1 Å². The summed E-state index contributed by atoms with van der Waals surface area (Å²) in [7, 11) is 1.61. The molecule has 0 saturated carbocycles. The summed E-state index contributed by atoms with van der Waals surface area (Å²) in [4.78, 5) is 26.6. The lowest BCUT2D eigenvalue weighted by molar-refractivity contribution is 0.0706. The van der Waals surface area contributed by atoms with E-state index in [1.807, 2.05) is 55.1 Å². The molecule has 30 heavy (non-hydrogen) atoms. The molecule has 0 aromatic heterocycles. The summed E-state index contributed by atoms with van der Waals surface area (Å²) >= 11 is 0. The van der Waals surface area contributed by atoms with Gasteiger partial charge in [0, 0.05) is 24.2 Å². The highest BCUT2D eigenvalue weighted by molar-refractivity contribution is 5.95. The van der Waals surface area contributed by atoms with E-state index in [-0.39, 0.29) is 11.3 Å². The summed E-state index contributed by atoms with van der Waals surface area (Å²) in [6.45, 7) is 5.48. The van der Waals surface area contributed by atoms with Crippen molar-refractivity contribution < 1.29 is 19.5 Å². The van der Waals surface area contributed by atoms with Crippen molar-refractivity contribution in [3.8, 4) is 5.75 Å². The number of hydroxylamine groups is 1. The number of hydrogen-bond donors (Lipinski definition) is 2. The van der Waals surface area contributed by atoms with Gasteiger partial charge in [0.1, 0.15) is 5.75 Å². The topological polar surface area (TPSA) is 78.9 Å². The molecule has 160 valence electrons. The van der Waals surface area contributed by atoms with E-state index in [9.17, 15) is 9.59 Å². The molecule has 4 rings (SSSR count). The standard InChI is InChI=1S/C22H24N2O4.C2H6/c1-28-19-6-4-16(5-7-19)21(26)24-11-10-22(14-24)9-8-15-2-3-17(20(25)23-27)12-18(15)13-22;1-2/h2-7,12,27H,8-11,13-14H2,1H3,(H,23,25);1-2H3. The number of methoxy groups -OCH3 is 1. The molecule has 6 heteroatoms. The van der Waals surface area contributed by atoms with Crippen LogP contribution in [0.1, 0.15) is 58.5 Å². The van der Waals surface area contributed by atoms with Gasteiger partial charge in [0.15, 0.2) is 0 Å². The Kier molecular flexibility index (Phi) is 6.77. The molecule has 1 fully saturated rings. The Morgan fingerprint density at radius 1 is 1.03 bits per heavy atom. The molecule has 1 aliphatic carbocycles. The monoisotopic (exact) mass is 410 g/mol. The van der Waals surface area contributed by atoms with E-state index in [0.29, 0.717) is 11.1 Å². The normalized spacial score (nSPS) is 19.5. The van der Waals surface area contributed by atoms with Gasteiger partial charge in [0.05, 0.1) is 7.11 Å². The second-order valence-electron chi connectivity index (χ2n) is 7.81. The fourth-order valence-corrected chi connectivity index (χ4v) is 4.51. The van der Waals surface area contributed by atoms with Crippen LogP contribution in [0, 0.1) is 5.41 Å². The average Bonchev–Trinajstić information content (AvgIpc) is 3.22. The molecule has 1 atom stereocenters. The summed E-state index contributed by atoms with van der Waals surface area (Å²) in [5, 5.41) is 8.88. The lowest BCUT2D eigenvalue weighted by Gasteiger charge is -2.35. The molecule has 0 radical (unpaired) electrons. The molecular formula is C24H30N2O4. The number of aryl methyl sites for hydroxylation is 1. The zero-order valence-electron chi connectivity index (χ0n) is 17.9. The van der Waals surface area contributed by atoms with Gasteiger partial charge < -0.3 is 9.64 Å². The summed E-state index contributed by atoms with van der Waals surface area (Å²) in [6.07, 6.45) is 3.80. The van der Waals surface area contributed by atoms with E-state index < -0.39 is 5.91 Å². The highest BCUT2D eigenvalue weighted by Gasteiger charge is 2.42. The molecule has 1 spiro atoms. The Morgan fingerprint density at radius 2 is 1.73 bits per heavy atom. The van der Waals surface area contributed by atoms with Gasteiger partial charge in [-0.15, -0.1) is 0 Å². The quantitative estimate of drug-likeness (QED) is 0.595. The number of fused-ring (bicyclic) bond motifs is 1. The van der Waals surface area contributed by atoms with Crippen LogP contribution >= 0.6 is 0 Å². The number of hydrogen-bond acceptors (Lipinski definition) is 4. The van der Waals surface area contributed by atoms with Crippen molar-refractivity contribution in [2.75, 3.05) is 20.2 Å². The van der Waals surface area contributed by atoms with E-state index in [0.717, 1.165) is 50.1 Å². The van der Waals surface area contributed by atoms with Gasteiger partial charge in [0.25, 0.3) is 11.8 Å². The van der Waals surface area contributed by atoms with Crippen molar-refractivity contribution in [1.82, 2.24) is 10.4 Å². The minimum absolute atomic E-state index is 0.0544. The molecule has 1 unspecified atom stereocenters. The molecule has 2 aliphatic rings. The highest BCUT2D eigenvalue weighted by Crippen LogP contribution is 2.43. The molecule has 0 bridgehead atoms. The van der Waals surface area contributed by atoms with Crippen LogP contribution in [0.25, 0.3) is 0 Å². The molecule has 1 heterocycles. The SMILES string of the molecule is CC.COc1ccc(C(=O)N2CCC3(CCc4ccc(C(=O)NO)cc4C3)C2)cc1. The third kappa shape index (κ3) is 4.33. The molecule has 6 nitrogen and oxygen atoms in total. The third-order valence-corrected chi connectivity index (χ3v) is 6.12. The van der Waals surface area contributed by atoms with Crippen molar-refractivity contribution in [3.05, 3.63) is 64.7 Å². The lowest BCUT2D eigenvalue weighted by Crippen LogP contribution is -2.35. The van der Waals surface area contributed by atoms with E-state index >= 15 is 0 Å². The average molecular weight is 411 g/mol. The van der Waals surface area contributed by atoms with E-state index in [4.69, 9.17) is 9.94 Å². The fraction of sp³-hybridized carbons (Fsp3) is 0.417. The Bertz CT molecular complexity index is 910. The van der Waals surface area contributed by atoms with Crippen molar-refractivity contribution in [1.29, 1.82) is 0 Å². The van der Waals surface area contributed by atoms with Gasteiger partial charge in [0.2, 0.25) is 0 Å². The Labute approximate surface area is 177 Å². The third-order valence-electron chi connectivity index (χ3n) is 6.12. The summed E-state index contributed by atoms with van der Waals surface area (Å²) < 4.78 is 5.16. The zero-order chi connectivity index (χ0) is 21.7. The van der Waals surface area contributed by atoms with Crippen LogP contribution < -0.4 is 10.2 Å². The van der Waals surface area contributed by atoms with Crippen molar-refractivity contribution in [2.45, 2.75) is 39.5 Å². The van der Waals surface area contributed by atoms with E-state index in [2.05, 4.69) is 0 Å². The second-order valence-corrected chi connectivity index (χ2v) is 7.81. The molecular weight excluding hydrogens is 380 g/mol. The molecule has 2 aromatic carbocycles. The van der Waals surface area contributed by atoms with Crippen LogP contribution in [0.5, 0.6) is 5.75 Å².